The third-order valence-electron chi connectivity index (χ3n) is 4.27. The van der Waals surface area contributed by atoms with Gasteiger partial charge in [-0.3, -0.25) is 9.78 Å². The smallest absolute Gasteiger partial charge is 0.261 e. The van der Waals surface area contributed by atoms with Crippen LogP contribution in [0.4, 0.5) is 5.82 Å². The number of carbonyl (C=O) groups is 1. The molecule has 0 aromatic carbocycles. The van der Waals surface area contributed by atoms with Crippen molar-refractivity contribution in [2.24, 2.45) is 0 Å². The zero-order chi connectivity index (χ0) is 19.9. The van der Waals surface area contributed by atoms with Gasteiger partial charge in [0.25, 0.3) is 5.91 Å². The first-order chi connectivity index (χ1) is 13.6. The molecule has 3 aromatic heterocycles. The van der Waals surface area contributed by atoms with Gasteiger partial charge in [-0.2, -0.15) is 0 Å². The number of rotatable bonds is 9. The van der Waals surface area contributed by atoms with Crippen LogP contribution in [0.2, 0.25) is 0 Å². The highest BCUT2D eigenvalue weighted by atomic mass is 32.1. The van der Waals surface area contributed by atoms with Gasteiger partial charge in [0.1, 0.15) is 17.0 Å². The van der Waals surface area contributed by atoms with Gasteiger partial charge in [0.05, 0.1) is 22.5 Å². The molecule has 2 N–H and O–H groups in total. The second-order valence-electron chi connectivity index (χ2n) is 6.39. The number of anilines is 1. The summed E-state index contributed by atoms with van der Waals surface area (Å²) in [4.78, 5) is 27.3. The first kappa shape index (κ1) is 20.2. The van der Waals surface area contributed by atoms with Crippen molar-refractivity contribution in [3.05, 3.63) is 46.4 Å². The number of nitrogens with zero attached hydrogens (tertiary/aromatic N) is 3. The number of nitrogens with one attached hydrogen (secondary N) is 2. The van der Waals surface area contributed by atoms with Gasteiger partial charge in [0.15, 0.2) is 0 Å². The maximum absolute atomic E-state index is 12.6. The van der Waals surface area contributed by atoms with Crippen molar-refractivity contribution in [2.75, 3.05) is 25.1 Å². The van der Waals surface area contributed by atoms with Gasteiger partial charge in [-0.1, -0.05) is 6.07 Å². The molecule has 0 spiro atoms. The van der Waals surface area contributed by atoms with E-state index in [-0.39, 0.29) is 5.91 Å². The fourth-order valence-corrected chi connectivity index (χ4v) is 3.96. The highest BCUT2D eigenvalue weighted by Crippen LogP contribution is 2.33. The average Bonchev–Trinajstić information content (AvgIpc) is 3.03. The minimum absolute atomic E-state index is 0.0803. The summed E-state index contributed by atoms with van der Waals surface area (Å²) < 4.78 is 5.30. The van der Waals surface area contributed by atoms with E-state index in [1.807, 2.05) is 39.0 Å². The number of fused-ring (bicyclic) bond motifs is 1. The fraction of sp³-hybridized carbons (Fsp3) is 0.400. The molecule has 3 rings (SSSR count). The van der Waals surface area contributed by atoms with Gasteiger partial charge in [-0.05, 0) is 44.9 Å². The van der Waals surface area contributed by atoms with Gasteiger partial charge >= 0.3 is 0 Å². The molecule has 0 fully saturated rings. The summed E-state index contributed by atoms with van der Waals surface area (Å²) in [5.74, 6) is 0.640. The summed E-state index contributed by atoms with van der Waals surface area (Å²) in [6, 6.07) is 5.92. The van der Waals surface area contributed by atoms with E-state index >= 15 is 0 Å². The lowest BCUT2D eigenvalue weighted by Crippen LogP contribution is -2.25. The second kappa shape index (κ2) is 9.57. The number of amides is 1. The van der Waals surface area contributed by atoms with Crippen molar-refractivity contribution in [2.45, 2.75) is 33.7 Å². The van der Waals surface area contributed by atoms with E-state index < -0.39 is 0 Å². The molecule has 0 bridgehead atoms. The molecule has 148 valence electrons. The van der Waals surface area contributed by atoms with Crippen LogP contribution in [0.3, 0.4) is 0 Å². The van der Waals surface area contributed by atoms with E-state index in [0.717, 1.165) is 39.4 Å². The highest BCUT2D eigenvalue weighted by Gasteiger charge is 2.19. The fourth-order valence-electron chi connectivity index (χ4n) is 2.90. The zero-order valence-corrected chi connectivity index (χ0v) is 17.2. The number of ether oxygens (including phenoxy) is 1. The maximum Gasteiger partial charge on any atom is 0.261 e. The van der Waals surface area contributed by atoms with Crippen molar-refractivity contribution in [3.8, 4) is 0 Å². The number of carbonyl (C=O) groups excluding carboxylic acids is 1. The van der Waals surface area contributed by atoms with E-state index in [2.05, 4.69) is 25.6 Å². The van der Waals surface area contributed by atoms with Crippen molar-refractivity contribution in [1.82, 2.24) is 20.3 Å². The van der Waals surface area contributed by atoms with Crippen LogP contribution in [0.15, 0.2) is 24.5 Å². The van der Waals surface area contributed by atoms with Gasteiger partial charge in [-0.15, -0.1) is 11.3 Å². The Hall–Kier alpha value is -2.58. The lowest BCUT2D eigenvalue weighted by molar-refractivity contribution is 0.0948. The van der Waals surface area contributed by atoms with Crippen molar-refractivity contribution in [3.63, 3.8) is 0 Å². The third-order valence-corrected chi connectivity index (χ3v) is 5.47. The standard InChI is InChI=1S/C20H25N5O2S/c1-4-27-10-6-9-21-19(26)17-14(3)16-18(23-12-24-20(16)28-17)22-11-15-8-5-7-13(2)25-15/h5,7-8,12H,4,6,9-11H2,1-3H3,(H,21,26)(H,22,23,24). The van der Waals surface area contributed by atoms with E-state index in [9.17, 15) is 4.79 Å². The minimum atomic E-state index is -0.0803. The topological polar surface area (TPSA) is 89.0 Å². The molecule has 0 aliphatic carbocycles. The van der Waals surface area contributed by atoms with Gasteiger partial charge in [0, 0.05) is 25.5 Å². The monoisotopic (exact) mass is 399 g/mol. The molecular weight excluding hydrogens is 374 g/mol. The number of aryl methyl sites for hydroxylation is 2. The number of hydrogen-bond donors (Lipinski definition) is 2. The first-order valence-electron chi connectivity index (χ1n) is 9.36. The van der Waals surface area contributed by atoms with Crippen LogP contribution in [-0.4, -0.2) is 40.6 Å². The lowest BCUT2D eigenvalue weighted by atomic mass is 10.2. The lowest BCUT2D eigenvalue weighted by Gasteiger charge is -2.08. The Kier molecular flexibility index (Phi) is 6.89. The highest BCUT2D eigenvalue weighted by molar-refractivity contribution is 7.20. The minimum Gasteiger partial charge on any atom is -0.382 e. The van der Waals surface area contributed by atoms with Crippen molar-refractivity contribution in [1.29, 1.82) is 0 Å². The third kappa shape index (κ3) is 4.82. The molecule has 0 radical (unpaired) electrons. The molecule has 3 heterocycles. The Morgan fingerprint density at radius 2 is 2.11 bits per heavy atom. The Morgan fingerprint density at radius 3 is 2.89 bits per heavy atom. The van der Waals surface area contributed by atoms with Crippen LogP contribution in [0.1, 0.15) is 40.0 Å². The van der Waals surface area contributed by atoms with Crippen LogP contribution in [0.25, 0.3) is 10.2 Å². The molecule has 0 unspecified atom stereocenters. The van der Waals surface area contributed by atoms with Crippen molar-refractivity contribution >= 4 is 33.3 Å². The van der Waals surface area contributed by atoms with Gasteiger partial charge in [0.2, 0.25) is 0 Å². The molecule has 0 atom stereocenters. The Bertz CT molecular complexity index is 957. The molecule has 0 aliphatic heterocycles. The molecule has 0 saturated heterocycles. The average molecular weight is 400 g/mol. The van der Waals surface area contributed by atoms with Gasteiger partial charge in [-0.25, -0.2) is 9.97 Å². The van der Waals surface area contributed by atoms with Crippen LogP contribution < -0.4 is 10.6 Å². The van der Waals surface area contributed by atoms with E-state index in [0.29, 0.717) is 31.2 Å². The predicted molar refractivity (Wildman–Crippen MR) is 112 cm³/mol. The first-order valence-corrected chi connectivity index (χ1v) is 10.2. The normalized spacial score (nSPS) is 11.0. The number of thiophene rings is 1. The van der Waals surface area contributed by atoms with E-state index in [4.69, 9.17) is 4.74 Å². The molecule has 0 saturated carbocycles. The summed E-state index contributed by atoms with van der Waals surface area (Å²) in [5, 5.41) is 7.18. The summed E-state index contributed by atoms with van der Waals surface area (Å²) in [6.45, 7) is 8.35. The molecule has 8 heteroatoms. The SMILES string of the molecule is CCOCCCNC(=O)c1sc2ncnc(NCc3cccc(C)n3)c2c1C. The summed E-state index contributed by atoms with van der Waals surface area (Å²) in [7, 11) is 0. The van der Waals surface area contributed by atoms with Crippen LogP contribution in [-0.2, 0) is 11.3 Å². The summed E-state index contributed by atoms with van der Waals surface area (Å²) >= 11 is 1.39. The molecule has 7 nitrogen and oxygen atoms in total. The number of hydrogen-bond acceptors (Lipinski definition) is 7. The summed E-state index contributed by atoms with van der Waals surface area (Å²) in [6.07, 6.45) is 2.31. The van der Waals surface area contributed by atoms with Crippen LogP contribution in [0.5, 0.6) is 0 Å². The number of pyridine rings is 1. The summed E-state index contributed by atoms with van der Waals surface area (Å²) in [5.41, 5.74) is 2.80. The Balaban J connectivity index is 1.74. The molecule has 1 amide bonds. The molecule has 0 aliphatic rings. The molecule has 28 heavy (non-hydrogen) atoms. The van der Waals surface area contributed by atoms with E-state index in [1.165, 1.54) is 17.7 Å². The molecular formula is C20H25N5O2S. The van der Waals surface area contributed by atoms with Gasteiger partial charge < -0.3 is 15.4 Å². The van der Waals surface area contributed by atoms with Crippen molar-refractivity contribution < 1.29 is 9.53 Å². The van der Waals surface area contributed by atoms with E-state index in [1.54, 1.807) is 0 Å². The second-order valence-corrected chi connectivity index (χ2v) is 7.39. The van der Waals surface area contributed by atoms with Crippen LogP contribution in [0, 0.1) is 13.8 Å². The molecule has 3 aromatic rings. The Morgan fingerprint density at radius 1 is 1.25 bits per heavy atom. The largest absolute Gasteiger partial charge is 0.382 e. The maximum atomic E-state index is 12.6. The number of aromatic nitrogens is 3. The Labute approximate surface area is 168 Å². The predicted octanol–water partition coefficient (Wildman–Crippen LogP) is 3.47. The zero-order valence-electron chi connectivity index (χ0n) is 16.4. The quantitative estimate of drug-likeness (QED) is 0.536. The van der Waals surface area contributed by atoms with Crippen LogP contribution >= 0.6 is 11.3 Å².